The molecule has 1 fully saturated rings. The summed E-state index contributed by atoms with van der Waals surface area (Å²) in [5.74, 6) is 1.16. The Morgan fingerprint density at radius 3 is 2.59 bits per heavy atom. The van der Waals surface area contributed by atoms with Gasteiger partial charge in [0.15, 0.2) is 11.5 Å². The fourth-order valence-corrected chi connectivity index (χ4v) is 3.56. The molecule has 1 saturated heterocycles. The lowest BCUT2D eigenvalue weighted by atomic mass is 10.0. The van der Waals surface area contributed by atoms with Crippen LogP contribution in [0.4, 0.5) is 0 Å². The first kappa shape index (κ1) is 15.1. The Morgan fingerprint density at radius 2 is 1.91 bits per heavy atom. The maximum atomic E-state index is 12.5. The van der Waals surface area contributed by atoms with Crippen LogP contribution in [0, 0.1) is 0 Å². The molecule has 0 unspecified atom stereocenters. The molecule has 0 radical (unpaired) electrons. The predicted octanol–water partition coefficient (Wildman–Crippen LogP) is 0.569. The van der Waals surface area contributed by atoms with Crippen molar-refractivity contribution in [1.29, 1.82) is 0 Å². The molecule has 0 atom stereocenters. The Kier molecular flexibility index (Phi) is 3.96. The van der Waals surface area contributed by atoms with Crippen LogP contribution in [0.1, 0.15) is 23.2 Å². The molecule has 120 valence electrons. The van der Waals surface area contributed by atoms with Crippen molar-refractivity contribution in [2.75, 3.05) is 26.1 Å². The van der Waals surface area contributed by atoms with E-state index in [1.165, 1.54) is 0 Å². The molecule has 0 bridgehead atoms. The molecule has 0 spiro atoms. The summed E-state index contributed by atoms with van der Waals surface area (Å²) in [6.45, 7) is 1.23. The minimum Gasteiger partial charge on any atom is -0.454 e. The van der Waals surface area contributed by atoms with Gasteiger partial charge in [0, 0.05) is 24.7 Å². The van der Waals surface area contributed by atoms with Crippen LogP contribution in [0.2, 0.25) is 0 Å². The van der Waals surface area contributed by atoms with E-state index in [0.717, 1.165) is 6.26 Å². The van der Waals surface area contributed by atoms with Crippen molar-refractivity contribution in [2.45, 2.75) is 18.9 Å². The number of sulfonamides is 1. The molecule has 1 amide bonds. The highest BCUT2D eigenvalue weighted by Gasteiger charge is 2.26. The minimum atomic E-state index is -3.20. The molecule has 1 N–H and O–H groups in total. The second-order valence-corrected chi connectivity index (χ2v) is 7.30. The van der Waals surface area contributed by atoms with Gasteiger partial charge in [-0.25, -0.2) is 13.1 Å². The van der Waals surface area contributed by atoms with E-state index in [1.54, 1.807) is 23.1 Å². The number of nitrogens with one attached hydrogen (secondary N) is 1. The van der Waals surface area contributed by atoms with Gasteiger partial charge in [0.05, 0.1) is 6.26 Å². The largest absolute Gasteiger partial charge is 0.454 e. The number of rotatable bonds is 3. The Labute approximate surface area is 129 Å². The molecule has 22 heavy (non-hydrogen) atoms. The first-order chi connectivity index (χ1) is 10.4. The monoisotopic (exact) mass is 326 g/mol. The Morgan fingerprint density at radius 1 is 1.23 bits per heavy atom. The van der Waals surface area contributed by atoms with Crippen molar-refractivity contribution >= 4 is 15.9 Å². The molecule has 7 nitrogen and oxygen atoms in total. The number of hydrogen-bond acceptors (Lipinski definition) is 5. The Bertz CT molecular complexity index is 680. The number of carbonyl (C=O) groups excluding carboxylic acids is 1. The molecular formula is C14H18N2O5S. The third kappa shape index (κ3) is 3.33. The van der Waals surface area contributed by atoms with Crippen LogP contribution in [-0.2, 0) is 10.0 Å². The number of carbonyl (C=O) groups is 1. The van der Waals surface area contributed by atoms with Gasteiger partial charge in [0.1, 0.15) is 0 Å². The molecule has 2 aliphatic rings. The normalized spacial score (nSPS) is 18.5. The number of nitrogens with zero attached hydrogens (tertiary/aromatic N) is 1. The quantitative estimate of drug-likeness (QED) is 0.878. The zero-order chi connectivity index (χ0) is 15.7. The summed E-state index contributed by atoms with van der Waals surface area (Å²) in [7, 11) is -3.20. The van der Waals surface area contributed by atoms with Gasteiger partial charge in [-0.1, -0.05) is 0 Å². The highest BCUT2D eigenvalue weighted by Crippen LogP contribution is 2.33. The van der Waals surface area contributed by atoms with Gasteiger partial charge >= 0.3 is 0 Å². The van der Waals surface area contributed by atoms with Crippen LogP contribution in [0.15, 0.2) is 18.2 Å². The number of fused-ring (bicyclic) bond motifs is 1. The maximum absolute atomic E-state index is 12.5. The Balaban J connectivity index is 1.62. The van der Waals surface area contributed by atoms with Crippen LogP contribution < -0.4 is 14.2 Å². The van der Waals surface area contributed by atoms with Gasteiger partial charge < -0.3 is 14.4 Å². The number of piperidine rings is 1. The van der Waals surface area contributed by atoms with Crippen LogP contribution >= 0.6 is 0 Å². The summed E-state index contributed by atoms with van der Waals surface area (Å²) in [6, 6.07) is 5.03. The molecule has 3 rings (SSSR count). The smallest absolute Gasteiger partial charge is 0.253 e. The SMILES string of the molecule is CS(=O)(=O)NC1CCN(C(=O)c2ccc3c(c2)OCO3)CC1. The lowest BCUT2D eigenvalue weighted by molar-refractivity contribution is 0.0711. The van der Waals surface area contributed by atoms with Gasteiger partial charge in [-0.15, -0.1) is 0 Å². The standard InChI is InChI=1S/C14H18N2O5S/c1-22(18,19)15-11-4-6-16(7-5-11)14(17)10-2-3-12-13(8-10)21-9-20-12/h2-3,8,11,15H,4-7,9H2,1H3. The summed E-state index contributed by atoms with van der Waals surface area (Å²) >= 11 is 0. The molecule has 0 aliphatic carbocycles. The van der Waals surface area contributed by atoms with E-state index < -0.39 is 10.0 Å². The van der Waals surface area contributed by atoms with E-state index in [0.29, 0.717) is 43.0 Å². The summed E-state index contributed by atoms with van der Waals surface area (Å²) < 4.78 is 35.5. The lowest BCUT2D eigenvalue weighted by Crippen LogP contribution is -2.46. The maximum Gasteiger partial charge on any atom is 0.253 e. The third-order valence-electron chi connectivity index (χ3n) is 3.78. The minimum absolute atomic E-state index is 0.0731. The highest BCUT2D eigenvalue weighted by atomic mass is 32.2. The average molecular weight is 326 g/mol. The van der Waals surface area contributed by atoms with Crippen molar-refractivity contribution in [3.8, 4) is 11.5 Å². The summed E-state index contributed by atoms with van der Waals surface area (Å²) in [6.07, 6.45) is 2.38. The molecular weight excluding hydrogens is 308 g/mol. The van der Waals surface area contributed by atoms with Crippen molar-refractivity contribution < 1.29 is 22.7 Å². The molecule has 8 heteroatoms. The molecule has 2 aliphatic heterocycles. The first-order valence-electron chi connectivity index (χ1n) is 7.08. The van der Waals surface area contributed by atoms with Crippen LogP contribution in [-0.4, -0.2) is 51.4 Å². The van der Waals surface area contributed by atoms with E-state index in [-0.39, 0.29) is 18.7 Å². The van der Waals surface area contributed by atoms with Crippen molar-refractivity contribution in [3.63, 3.8) is 0 Å². The number of benzene rings is 1. The van der Waals surface area contributed by atoms with Crippen LogP contribution in [0.3, 0.4) is 0 Å². The molecule has 0 aromatic heterocycles. The molecule has 2 heterocycles. The van der Waals surface area contributed by atoms with E-state index in [4.69, 9.17) is 9.47 Å². The topological polar surface area (TPSA) is 84.9 Å². The zero-order valence-electron chi connectivity index (χ0n) is 12.2. The van der Waals surface area contributed by atoms with E-state index in [2.05, 4.69) is 4.72 Å². The summed E-state index contributed by atoms with van der Waals surface area (Å²) in [4.78, 5) is 14.2. The average Bonchev–Trinajstić information content (AvgIpc) is 2.93. The number of amides is 1. The Hall–Kier alpha value is -1.80. The van der Waals surface area contributed by atoms with E-state index >= 15 is 0 Å². The first-order valence-corrected chi connectivity index (χ1v) is 8.98. The highest BCUT2D eigenvalue weighted by molar-refractivity contribution is 7.88. The summed E-state index contributed by atoms with van der Waals surface area (Å²) in [5.41, 5.74) is 0.554. The number of likely N-dealkylation sites (tertiary alicyclic amines) is 1. The van der Waals surface area contributed by atoms with Crippen molar-refractivity contribution in [1.82, 2.24) is 9.62 Å². The van der Waals surface area contributed by atoms with Gasteiger partial charge in [0.2, 0.25) is 16.8 Å². The molecule has 0 saturated carbocycles. The lowest BCUT2D eigenvalue weighted by Gasteiger charge is -2.32. The second kappa shape index (κ2) is 5.77. The number of hydrogen-bond donors (Lipinski definition) is 1. The summed E-state index contributed by atoms with van der Waals surface area (Å²) in [5, 5.41) is 0. The van der Waals surface area contributed by atoms with Gasteiger partial charge in [0.25, 0.3) is 5.91 Å². The van der Waals surface area contributed by atoms with Crippen molar-refractivity contribution in [2.24, 2.45) is 0 Å². The molecule has 1 aromatic rings. The predicted molar refractivity (Wildman–Crippen MR) is 79.5 cm³/mol. The van der Waals surface area contributed by atoms with Crippen LogP contribution in [0.25, 0.3) is 0 Å². The van der Waals surface area contributed by atoms with E-state index in [9.17, 15) is 13.2 Å². The number of ether oxygens (including phenoxy) is 2. The zero-order valence-corrected chi connectivity index (χ0v) is 13.1. The van der Waals surface area contributed by atoms with Crippen molar-refractivity contribution in [3.05, 3.63) is 23.8 Å². The fourth-order valence-electron chi connectivity index (χ4n) is 2.72. The van der Waals surface area contributed by atoms with Crippen LogP contribution in [0.5, 0.6) is 11.5 Å². The fraction of sp³-hybridized carbons (Fsp3) is 0.500. The van der Waals surface area contributed by atoms with Gasteiger partial charge in [-0.05, 0) is 31.0 Å². The third-order valence-corrected chi connectivity index (χ3v) is 4.54. The second-order valence-electron chi connectivity index (χ2n) is 5.52. The van der Waals surface area contributed by atoms with Gasteiger partial charge in [-0.2, -0.15) is 0 Å². The van der Waals surface area contributed by atoms with Gasteiger partial charge in [-0.3, -0.25) is 4.79 Å². The molecule has 1 aromatic carbocycles. The van der Waals surface area contributed by atoms with E-state index in [1.807, 2.05) is 0 Å².